The molecule has 2 rings (SSSR count). The summed E-state index contributed by atoms with van der Waals surface area (Å²) >= 11 is 0. The molecule has 3 heteroatoms. The second kappa shape index (κ2) is 1.79. The molecule has 0 saturated heterocycles. The number of nitrogens with zero attached hydrogens (tertiary/aromatic N) is 3. The molecule has 0 aromatic heterocycles. The minimum absolute atomic E-state index is 0.0845. The first-order valence-corrected chi connectivity index (χ1v) is 3.71. The van der Waals surface area contributed by atoms with Gasteiger partial charge in [-0.2, -0.15) is 15.5 Å². The van der Waals surface area contributed by atoms with Crippen LogP contribution in [0.2, 0.25) is 0 Å². The summed E-state index contributed by atoms with van der Waals surface area (Å²) in [5.41, 5.74) is -0.215. The van der Waals surface area contributed by atoms with Gasteiger partial charge >= 0.3 is 0 Å². The first kappa shape index (κ1) is 5.84. The maximum absolute atomic E-state index is 8.70. The van der Waals surface area contributed by atoms with E-state index in [4.69, 9.17) is 5.26 Å². The van der Waals surface area contributed by atoms with E-state index in [0.717, 1.165) is 12.8 Å². The Hall–Kier alpha value is -0.910. The average Bonchev–Trinajstić information content (AvgIpc) is 2.71. The topological polar surface area (TPSA) is 48.5 Å². The first-order valence-electron chi connectivity index (χ1n) is 3.71. The predicted octanol–water partition coefficient (Wildman–Crippen LogP) is 1.86. The molecule has 1 fully saturated rings. The molecule has 10 heavy (non-hydrogen) atoms. The van der Waals surface area contributed by atoms with Crippen LogP contribution in [-0.2, 0) is 0 Å². The van der Waals surface area contributed by atoms with Crippen molar-refractivity contribution in [3.05, 3.63) is 0 Å². The highest BCUT2D eigenvalue weighted by atomic mass is 15.4. The Morgan fingerprint density at radius 3 is 2.70 bits per heavy atom. The van der Waals surface area contributed by atoms with E-state index in [9.17, 15) is 0 Å². The molecule has 1 aliphatic heterocycles. The Morgan fingerprint density at radius 2 is 2.20 bits per heavy atom. The van der Waals surface area contributed by atoms with E-state index < -0.39 is 0 Å². The van der Waals surface area contributed by atoms with Gasteiger partial charge in [-0.05, 0) is 19.3 Å². The van der Waals surface area contributed by atoms with Crippen molar-refractivity contribution in [2.75, 3.05) is 0 Å². The smallest absolute Gasteiger partial charge is 0.198 e. The van der Waals surface area contributed by atoms with Gasteiger partial charge in [-0.1, -0.05) is 6.42 Å². The monoisotopic (exact) mass is 135 g/mol. The third kappa shape index (κ3) is 0.652. The number of rotatable bonds is 0. The maximum Gasteiger partial charge on any atom is 0.206 e. The molecule has 1 saturated carbocycles. The summed E-state index contributed by atoms with van der Waals surface area (Å²) in [7, 11) is 0. The van der Waals surface area contributed by atoms with Gasteiger partial charge in [0.25, 0.3) is 0 Å². The van der Waals surface area contributed by atoms with Gasteiger partial charge in [0, 0.05) is 0 Å². The SMILES string of the molecule is N#CC1CCCCC12N=N2. The molecule has 1 spiro atoms. The minimum Gasteiger partial charge on any atom is -0.198 e. The van der Waals surface area contributed by atoms with Crippen LogP contribution in [0.1, 0.15) is 25.7 Å². The summed E-state index contributed by atoms with van der Waals surface area (Å²) in [4.78, 5) is 0. The summed E-state index contributed by atoms with van der Waals surface area (Å²) in [5, 5.41) is 16.6. The van der Waals surface area contributed by atoms with Crippen molar-refractivity contribution < 1.29 is 0 Å². The van der Waals surface area contributed by atoms with Crippen LogP contribution in [0.5, 0.6) is 0 Å². The van der Waals surface area contributed by atoms with Crippen molar-refractivity contribution >= 4 is 0 Å². The Balaban J connectivity index is 2.10. The number of hydrogen-bond donors (Lipinski definition) is 0. The molecule has 1 atom stereocenters. The van der Waals surface area contributed by atoms with Gasteiger partial charge < -0.3 is 0 Å². The van der Waals surface area contributed by atoms with Crippen LogP contribution in [0.3, 0.4) is 0 Å². The lowest BCUT2D eigenvalue weighted by molar-refractivity contribution is 0.325. The fourth-order valence-corrected chi connectivity index (χ4v) is 1.61. The second-order valence-electron chi connectivity index (χ2n) is 3.01. The van der Waals surface area contributed by atoms with E-state index in [-0.39, 0.29) is 11.6 Å². The Labute approximate surface area is 59.8 Å². The summed E-state index contributed by atoms with van der Waals surface area (Å²) in [6.07, 6.45) is 4.35. The molecule has 1 unspecified atom stereocenters. The molecule has 0 bridgehead atoms. The van der Waals surface area contributed by atoms with Crippen molar-refractivity contribution in [3.63, 3.8) is 0 Å². The zero-order valence-corrected chi connectivity index (χ0v) is 5.75. The highest BCUT2D eigenvalue weighted by Gasteiger charge is 2.49. The average molecular weight is 135 g/mol. The molecule has 52 valence electrons. The van der Waals surface area contributed by atoms with E-state index >= 15 is 0 Å². The molecule has 2 aliphatic rings. The summed E-state index contributed by atoms with van der Waals surface area (Å²) < 4.78 is 0. The van der Waals surface area contributed by atoms with Gasteiger partial charge in [0.05, 0.1) is 12.0 Å². The van der Waals surface area contributed by atoms with E-state index in [1.807, 2.05) is 0 Å². The predicted molar refractivity (Wildman–Crippen MR) is 35.2 cm³/mol. The van der Waals surface area contributed by atoms with E-state index in [0.29, 0.717) is 0 Å². The molecule has 3 nitrogen and oxygen atoms in total. The Bertz CT molecular complexity index is 207. The van der Waals surface area contributed by atoms with Crippen LogP contribution >= 0.6 is 0 Å². The zero-order valence-electron chi connectivity index (χ0n) is 5.75. The van der Waals surface area contributed by atoms with E-state index in [1.165, 1.54) is 12.8 Å². The van der Waals surface area contributed by atoms with Crippen molar-refractivity contribution in [2.24, 2.45) is 16.1 Å². The van der Waals surface area contributed by atoms with Crippen LogP contribution < -0.4 is 0 Å². The van der Waals surface area contributed by atoms with Gasteiger partial charge in [0.2, 0.25) is 5.66 Å². The third-order valence-corrected chi connectivity index (χ3v) is 2.36. The fraction of sp³-hybridized carbons (Fsp3) is 0.857. The largest absolute Gasteiger partial charge is 0.206 e. The quantitative estimate of drug-likeness (QED) is 0.500. The van der Waals surface area contributed by atoms with Crippen molar-refractivity contribution in [2.45, 2.75) is 31.3 Å². The van der Waals surface area contributed by atoms with Crippen LogP contribution in [0.15, 0.2) is 10.2 Å². The molecule has 0 radical (unpaired) electrons. The summed E-state index contributed by atoms with van der Waals surface area (Å²) in [5.74, 6) is 0.0845. The van der Waals surface area contributed by atoms with Gasteiger partial charge in [0.15, 0.2) is 0 Å². The second-order valence-corrected chi connectivity index (χ2v) is 3.01. The number of nitriles is 1. The minimum atomic E-state index is -0.215. The van der Waals surface area contributed by atoms with Crippen LogP contribution in [0.4, 0.5) is 0 Å². The van der Waals surface area contributed by atoms with Gasteiger partial charge in [-0.25, -0.2) is 0 Å². The molecule has 0 aromatic rings. The fourth-order valence-electron chi connectivity index (χ4n) is 1.61. The third-order valence-electron chi connectivity index (χ3n) is 2.36. The van der Waals surface area contributed by atoms with Crippen molar-refractivity contribution in [1.82, 2.24) is 0 Å². The maximum atomic E-state index is 8.70. The van der Waals surface area contributed by atoms with Crippen LogP contribution in [0.25, 0.3) is 0 Å². The molecular formula is C7H9N3. The lowest BCUT2D eigenvalue weighted by Gasteiger charge is -2.21. The van der Waals surface area contributed by atoms with Gasteiger partial charge in [-0.15, -0.1) is 0 Å². The van der Waals surface area contributed by atoms with E-state index in [1.54, 1.807) is 0 Å². The summed E-state index contributed by atoms with van der Waals surface area (Å²) in [6, 6.07) is 2.27. The number of hydrogen-bond acceptors (Lipinski definition) is 3. The lowest BCUT2D eigenvalue weighted by Crippen LogP contribution is -2.26. The van der Waals surface area contributed by atoms with Crippen molar-refractivity contribution in [3.8, 4) is 6.07 Å². The van der Waals surface area contributed by atoms with Crippen molar-refractivity contribution in [1.29, 1.82) is 5.26 Å². The molecule has 0 amide bonds. The lowest BCUT2D eigenvalue weighted by atomic mass is 9.83. The van der Waals surface area contributed by atoms with Gasteiger partial charge in [0.1, 0.15) is 0 Å². The highest BCUT2D eigenvalue weighted by molar-refractivity contribution is 5.09. The van der Waals surface area contributed by atoms with Crippen LogP contribution in [-0.4, -0.2) is 5.66 Å². The Kier molecular flexibility index (Phi) is 1.04. The standard InChI is InChI=1S/C7H9N3/c8-5-6-3-1-2-4-7(6)9-10-7/h6H,1-4H2. The Morgan fingerprint density at radius 1 is 1.40 bits per heavy atom. The molecule has 0 aromatic carbocycles. The van der Waals surface area contributed by atoms with Gasteiger partial charge in [-0.3, -0.25) is 0 Å². The van der Waals surface area contributed by atoms with E-state index in [2.05, 4.69) is 16.3 Å². The first-order chi connectivity index (χ1) is 4.87. The molecule has 1 heterocycles. The normalized spacial score (nSPS) is 33.7. The zero-order chi connectivity index (χ0) is 7.03. The van der Waals surface area contributed by atoms with Crippen LogP contribution in [0, 0.1) is 17.2 Å². The molecule has 1 aliphatic carbocycles. The molecule has 0 N–H and O–H groups in total. The molecular weight excluding hydrogens is 126 g/mol. The summed E-state index contributed by atoms with van der Waals surface area (Å²) in [6.45, 7) is 0. The highest BCUT2D eigenvalue weighted by Crippen LogP contribution is 2.46.